The van der Waals surface area contributed by atoms with Crippen LogP contribution in [0.2, 0.25) is 0 Å². The first-order chi connectivity index (χ1) is 10.0. The molecule has 1 atom stereocenters. The molecule has 112 valence electrons. The van der Waals surface area contributed by atoms with Crippen LogP contribution in [0.4, 0.5) is 0 Å². The van der Waals surface area contributed by atoms with E-state index in [0.717, 1.165) is 29.6 Å². The third-order valence-corrected chi connectivity index (χ3v) is 3.66. The van der Waals surface area contributed by atoms with Gasteiger partial charge in [-0.05, 0) is 24.8 Å². The molecular formula is C15H20N4O2. The lowest BCUT2D eigenvalue weighted by Crippen LogP contribution is -2.19. The highest BCUT2D eigenvalue weighted by molar-refractivity contribution is 6.01. The fraction of sp³-hybridized carbons (Fsp3) is 0.467. The van der Waals surface area contributed by atoms with Gasteiger partial charge in [0.15, 0.2) is 5.84 Å². The second-order valence-electron chi connectivity index (χ2n) is 5.76. The van der Waals surface area contributed by atoms with E-state index < -0.39 is 6.41 Å². The average molecular weight is 288 g/mol. The highest BCUT2D eigenvalue weighted by Gasteiger charge is 2.17. The maximum Gasteiger partial charge on any atom is 0.280 e. The molecule has 6 nitrogen and oxygen atoms in total. The summed E-state index contributed by atoms with van der Waals surface area (Å²) in [5.74, 6) is 1.20. The van der Waals surface area contributed by atoms with Gasteiger partial charge < -0.3 is 5.11 Å². The third kappa shape index (κ3) is 2.77. The summed E-state index contributed by atoms with van der Waals surface area (Å²) >= 11 is 0. The number of aliphatic hydroxyl groups is 1. The Hall–Kier alpha value is -1.92. The Balaban J connectivity index is 1.95. The summed E-state index contributed by atoms with van der Waals surface area (Å²) in [7, 11) is 1.94. The van der Waals surface area contributed by atoms with Gasteiger partial charge in [-0.3, -0.25) is 4.68 Å². The van der Waals surface area contributed by atoms with Crippen LogP contribution in [0.5, 0.6) is 0 Å². The van der Waals surface area contributed by atoms with Crippen molar-refractivity contribution < 1.29 is 9.94 Å². The van der Waals surface area contributed by atoms with Crippen LogP contribution in [0.15, 0.2) is 23.2 Å². The smallest absolute Gasteiger partial charge is 0.280 e. The Labute approximate surface area is 123 Å². The SMILES string of the molecule is CC(C)CCc1nn(C)c2cc(C3=NC(O)ON3)ccc12. The standard InChI is InChI=1S/C15H20N4O2/c1-9(2)4-7-12-11-6-5-10(8-13(11)19(3)17-12)14-16-15(20)21-18-14/h5-6,8-9,15,20H,4,7H2,1-3H3,(H,16,18). The van der Waals surface area contributed by atoms with Crippen molar-refractivity contribution in [2.45, 2.75) is 33.1 Å². The van der Waals surface area contributed by atoms with Gasteiger partial charge in [0.05, 0.1) is 11.2 Å². The fourth-order valence-corrected chi connectivity index (χ4v) is 2.49. The van der Waals surface area contributed by atoms with E-state index in [1.54, 1.807) is 0 Å². The molecule has 0 aliphatic carbocycles. The number of hydrogen-bond donors (Lipinski definition) is 2. The molecule has 2 heterocycles. The lowest BCUT2D eigenvalue weighted by Gasteiger charge is -2.03. The van der Waals surface area contributed by atoms with Crippen LogP contribution in [-0.4, -0.2) is 27.1 Å². The van der Waals surface area contributed by atoms with Crippen LogP contribution in [-0.2, 0) is 18.3 Å². The molecule has 3 rings (SSSR count). The lowest BCUT2D eigenvalue weighted by atomic mass is 10.0. The molecule has 2 aromatic rings. The van der Waals surface area contributed by atoms with Crippen LogP contribution in [0.25, 0.3) is 10.9 Å². The number of benzene rings is 1. The van der Waals surface area contributed by atoms with Crippen molar-refractivity contribution in [3.05, 3.63) is 29.5 Å². The maximum absolute atomic E-state index is 9.27. The first kappa shape index (κ1) is 14.0. The molecule has 0 saturated heterocycles. The number of aliphatic hydroxyl groups excluding tert-OH is 1. The lowest BCUT2D eigenvalue weighted by molar-refractivity contribution is -0.102. The van der Waals surface area contributed by atoms with Gasteiger partial charge in [-0.15, -0.1) is 0 Å². The van der Waals surface area contributed by atoms with Crippen LogP contribution >= 0.6 is 0 Å². The van der Waals surface area contributed by atoms with Gasteiger partial charge in [0, 0.05) is 18.0 Å². The Kier molecular flexibility index (Phi) is 3.65. The number of hydrogen-bond acceptors (Lipinski definition) is 5. The van der Waals surface area contributed by atoms with E-state index >= 15 is 0 Å². The molecule has 2 N–H and O–H groups in total. The summed E-state index contributed by atoms with van der Waals surface area (Å²) in [5.41, 5.74) is 5.68. The number of fused-ring (bicyclic) bond motifs is 1. The predicted molar refractivity (Wildman–Crippen MR) is 80.6 cm³/mol. The van der Waals surface area contributed by atoms with Gasteiger partial charge in [0.2, 0.25) is 0 Å². The van der Waals surface area contributed by atoms with Crippen molar-refractivity contribution >= 4 is 16.7 Å². The first-order valence-corrected chi connectivity index (χ1v) is 7.18. The molecule has 0 saturated carbocycles. The fourth-order valence-electron chi connectivity index (χ4n) is 2.49. The van der Waals surface area contributed by atoms with Crippen molar-refractivity contribution in [2.24, 2.45) is 18.0 Å². The van der Waals surface area contributed by atoms with Gasteiger partial charge in [-0.2, -0.15) is 5.10 Å². The van der Waals surface area contributed by atoms with Gasteiger partial charge in [0.25, 0.3) is 6.41 Å². The van der Waals surface area contributed by atoms with E-state index in [2.05, 4.69) is 35.5 Å². The minimum atomic E-state index is -1.14. The topological polar surface area (TPSA) is 71.7 Å². The Bertz CT molecular complexity index is 690. The van der Waals surface area contributed by atoms with E-state index in [1.807, 2.05) is 23.9 Å². The number of hydroxylamine groups is 1. The summed E-state index contributed by atoms with van der Waals surface area (Å²) in [4.78, 5) is 8.78. The molecule has 1 aliphatic rings. The highest BCUT2D eigenvalue weighted by Crippen LogP contribution is 2.22. The van der Waals surface area contributed by atoms with E-state index in [4.69, 9.17) is 4.84 Å². The van der Waals surface area contributed by atoms with E-state index in [0.29, 0.717) is 11.8 Å². The van der Waals surface area contributed by atoms with Crippen molar-refractivity contribution in [1.82, 2.24) is 15.3 Å². The van der Waals surface area contributed by atoms with Crippen LogP contribution in [0.3, 0.4) is 0 Å². The number of rotatable bonds is 4. The maximum atomic E-state index is 9.27. The molecule has 6 heteroatoms. The first-order valence-electron chi connectivity index (χ1n) is 7.18. The summed E-state index contributed by atoms with van der Waals surface area (Å²) in [6.07, 6.45) is 0.973. The molecule has 0 fully saturated rings. The molecular weight excluding hydrogens is 268 g/mol. The van der Waals surface area contributed by atoms with Crippen LogP contribution < -0.4 is 5.48 Å². The zero-order chi connectivity index (χ0) is 15.0. The minimum absolute atomic E-state index is 0.536. The average Bonchev–Trinajstić information content (AvgIpc) is 3.01. The Morgan fingerprint density at radius 1 is 1.43 bits per heavy atom. The summed E-state index contributed by atoms with van der Waals surface area (Å²) in [5, 5.41) is 15.1. The van der Waals surface area contributed by atoms with Gasteiger partial charge in [-0.1, -0.05) is 26.0 Å². The van der Waals surface area contributed by atoms with Crippen molar-refractivity contribution in [3.8, 4) is 0 Å². The number of amidine groups is 1. The molecule has 1 aromatic heterocycles. The molecule has 1 aromatic carbocycles. The summed E-state index contributed by atoms with van der Waals surface area (Å²) in [6, 6.07) is 6.03. The number of aromatic nitrogens is 2. The van der Waals surface area contributed by atoms with Gasteiger partial charge in [0.1, 0.15) is 0 Å². The summed E-state index contributed by atoms with van der Waals surface area (Å²) < 4.78 is 1.89. The van der Waals surface area contributed by atoms with Crippen LogP contribution in [0.1, 0.15) is 31.5 Å². The molecule has 0 amide bonds. The quantitative estimate of drug-likeness (QED) is 0.898. The summed E-state index contributed by atoms with van der Waals surface area (Å²) in [6.45, 7) is 4.44. The van der Waals surface area contributed by atoms with E-state index in [1.165, 1.54) is 5.39 Å². The number of aliphatic imine (C=N–C) groups is 1. The monoisotopic (exact) mass is 288 g/mol. The van der Waals surface area contributed by atoms with Gasteiger partial charge >= 0.3 is 0 Å². The zero-order valence-corrected chi connectivity index (χ0v) is 12.5. The number of aryl methyl sites for hydroxylation is 2. The van der Waals surface area contributed by atoms with E-state index in [-0.39, 0.29) is 0 Å². The zero-order valence-electron chi connectivity index (χ0n) is 12.5. The van der Waals surface area contributed by atoms with Gasteiger partial charge in [-0.25, -0.2) is 15.3 Å². The molecule has 1 aliphatic heterocycles. The van der Waals surface area contributed by atoms with Crippen molar-refractivity contribution in [3.63, 3.8) is 0 Å². The number of nitrogens with zero attached hydrogens (tertiary/aromatic N) is 3. The van der Waals surface area contributed by atoms with Crippen LogP contribution in [0, 0.1) is 5.92 Å². The molecule has 1 unspecified atom stereocenters. The molecule has 0 radical (unpaired) electrons. The largest absolute Gasteiger partial charge is 0.348 e. The van der Waals surface area contributed by atoms with Crippen molar-refractivity contribution in [1.29, 1.82) is 0 Å². The second kappa shape index (κ2) is 5.46. The minimum Gasteiger partial charge on any atom is -0.348 e. The molecule has 0 spiro atoms. The molecule has 21 heavy (non-hydrogen) atoms. The third-order valence-electron chi connectivity index (χ3n) is 3.66. The second-order valence-corrected chi connectivity index (χ2v) is 5.76. The predicted octanol–water partition coefficient (Wildman–Crippen LogP) is 1.72. The normalized spacial score (nSPS) is 18.3. The Morgan fingerprint density at radius 2 is 2.24 bits per heavy atom. The molecule has 0 bridgehead atoms. The van der Waals surface area contributed by atoms with Crippen molar-refractivity contribution in [2.75, 3.05) is 0 Å². The Morgan fingerprint density at radius 3 is 2.90 bits per heavy atom. The highest BCUT2D eigenvalue weighted by atomic mass is 16.7. The van der Waals surface area contributed by atoms with E-state index in [9.17, 15) is 5.11 Å². The number of nitrogens with one attached hydrogen (secondary N) is 1.